The fourth-order valence-electron chi connectivity index (χ4n) is 1.25. The van der Waals surface area contributed by atoms with Crippen molar-refractivity contribution in [3.8, 4) is 0 Å². The molecule has 1 aromatic heterocycles. The van der Waals surface area contributed by atoms with E-state index in [2.05, 4.69) is 10.2 Å². The van der Waals surface area contributed by atoms with Crippen molar-refractivity contribution in [3.63, 3.8) is 0 Å². The molecule has 1 aromatic rings. The summed E-state index contributed by atoms with van der Waals surface area (Å²) < 4.78 is 37.8. The molecule has 8 heteroatoms. The van der Waals surface area contributed by atoms with Crippen LogP contribution in [0.3, 0.4) is 0 Å². The molecule has 0 radical (unpaired) electrons. The Labute approximate surface area is 100 Å². The first kappa shape index (κ1) is 13.6. The fourth-order valence-corrected chi connectivity index (χ4v) is 2.00. The van der Waals surface area contributed by atoms with Gasteiger partial charge in [0.25, 0.3) is 0 Å². The second kappa shape index (κ2) is 5.72. The lowest BCUT2D eigenvalue weighted by Crippen LogP contribution is -2.09. The number of thioether (sulfide) groups is 1. The molecule has 0 fully saturated rings. The van der Waals surface area contributed by atoms with Crippen LogP contribution < -0.4 is 0 Å². The number of hydrogen-bond donors (Lipinski definition) is 1. The van der Waals surface area contributed by atoms with Gasteiger partial charge in [-0.25, -0.2) is 0 Å². The molecule has 0 saturated carbocycles. The van der Waals surface area contributed by atoms with Crippen molar-refractivity contribution in [2.24, 2.45) is 0 Å². The van der Waals surface area contributed by atoms with E-state index in [0.29, 0.717) is 11.2 Å². The van der Waals surface area contributed by atoms with Crippen molar-refractivity contribution < 1.29 is 13.2 Å². The summed E-state index contributed by atoms with van der Waals surface area (Å²) in [5.74, 6) is 0.670. The average molecular weight is 271 g/mol. The predicted octanol–water partition coefficient (Wildman–Crippen LogP) is 3.15. The van der Waals surface area contributed by atoms with Crippen LogP contribution >= 0.6 is 24.0 Å². The highest BCUT2D eigenvalue weighted by Gasteiger charge is 2.27. The molecule has 0 saturated heterocycles. The minimum atomic E-state index is -4.18. The lowest BCUT2D eigenvalue weighted by atomic mass is 10.3. The highest BCUT2D eigenvalue weighted by Crippen LogP contribution is 2.30. The third-order valence-electron chi connectivity index (χ3n) is 1.89. The van der Waals surface area contributed by atoms with Crippen molar-refractivity contribution in [1.29, 1.82) is 0 Å². The van der Waals surface area contributed by atoms with Crippen LogP contribution in [-0.2, 0) is 13.0 Å². The quantitative estimate of drug-likeness (QED) is 0.835. The minimum absolute atomic E-state index is 0.0415. The van der Waals surface area contributed by atoms with Gasteiger partial charge in [-0.1, -0.05) is 6.92 Å². The highest BCUT2D eigenvalue weighted by atomic mass is 32.2. The van der Waals surface area contributed by atoms with E-state index >= 15 is 0 Å². The zero-order valence-corrected chi connectivity index (χ0v) is 10.3. The third-order valence-corrected chi connectivity index (χ3v) is 2.92. The summed E-state index contributed by atoms with van der Waals surface area (Å²) in [7, 11) is 0. The van der Waals surface area contributed by atoms with E-state index in [0.717, 1.165) is 12.2 Å². The first-order chi connectivity index (χ1) is 7.44. The van der Waals surface area contributed by atoms with Crippen molar-refractivity contribution >= 4 is 24.0 Å². The number of H-pyrrole nitrogens is 1. The van der Waals surface area contributed by atoms with Crippen molar-refractivity contribution in [2.75, 3.05) is 5.75 Å². The molecule has 0 amide bonds. The van der Waals surface area contributed by atoms with Crippen molar-refractivity contribution in [2.45, 2.75) is 31.8 Å². The van der Waals surface area contributed by atoms with Crippen LogP contribution in [0, 0.1) is 4.77 Å². The lowest BCUT2D eigenvalue weighted by Gasteiger charge is -2.07. The van der Waals surface area contributed by atoms with E-state index < -0.39 is 5.51 Å². The molecule has 0 aliphatic carbocycles. The summed E-state index contributed by atoms with van der Waals surface area (Å²) in [6, 6.07) is 0. The highest BCUT2D eigenvalue weighted by molar-refractivity contribution is 8.00. The molecule has 3 nitrogen and oxygen atoms in total. The number of aromatic nitrogens is 3. The molecule has 0 aliphatic heterocycles. The number of nitrogens with zero attached hydrogens (tertiary/aromatic N) is 2. The number of nitrogens with one attached hydrogen (secondary N) is 1. The van der Waals surface area contributed by atoms with Gasteiger partial charge >= 0.3 is 5.51 Å². The number of hydrogen-bond acceptors (Lipinski definition) is 3. The zero-order valence-electron chi connectivity index (χ0n) is 8.67. The Kier molecular flexibility index (Phi) is 4.85. The summed E-state index contributed by atoms with van der Waals surface area (Å²) in [5.41, 5.74) is -4.18. The van der Waals surface area contributed by atoms with Gasteiger partial charge in [-0.2, -0.15) is 18.3 Å². The number of aromatic amines is 1. The second-order valence-electron chi connectivity index (χ2n) is 3.14. The standard InChI is InChI=1S/C8H12F3N3S2/c1-2-3-6-12-13-7(15)14(6)4-5-16-8(9,10)11/h2-5H2,1H3,(H,13,15). The molecule has 0 aliphatic rings. The molecule has 0 bridgehead atoms. The van der Waals surface area contributed by atoms with Gasteiger partial charge in [-0.15, -0.1) is 0 Å². The van der Waals surface area contributed by atoms with Crippen LogP contribution in [-0.4, -0.2) is 26.0 Å². The summed E-state index contributed by atoms with van der Waals surface area (Å²) >= 11 is 4.91. The molecule has 92 valence electrons. The summed E-state index contributed by atoms with van der Waals surface area (Å²) in [6.45, 7) is 2.21. The van der Waals surface area contributed by atoms with Crippen LogP contribution in [0.4, 0.5) is 13.2 Å². The lowest BCUT2D eigenvalue weighted by molar-refractivity contribution is -0.0328. The molecule has 1 heterocycles. The third kappa shape index (κ3) is 4.17. The van der Waals surface area contributed by atoms with Gasteiger partial charge in [0.2, 0.25) is 0 Å². The van der Waals surface area contributed by atoms with Gasteiger partial charge in [-0.05, 0) is 30.4 Å². The Hall–Kier alpha value is -0.500. The van der Waals surface area contributed by atoms with Crippen LogP contribution in [0.25, 0.3) is 0 Å². The molecule has 1 rings (SSSR count). The van der Waals surface area contributed by atoms with E-state index in [1.807, 2.05) is 6.92 Å². The Morgan fingerprint density at radius 2 is 2.19 bits per heavy atom. The smallest absolute Gasteiger partial charge is 0.303 e. The van der Waals surface area contributed by atoms with E-state index in [-0.39, 0.29) is 24.1 Å². The van der Waals surface area contributed by atoms with E-state index in [1.54, 1.807) is 4.57 Å². The number of rotatable bonds is 5. The molecule has 1 N–H and O–H groups in total. The largest absolute Gasteiger partial charge is 0.441 e. The maximum absolute atomic E-state index is 11.9. The van der Waals surface area contributed by atoms with Gasteiger partial charge in [0.1, 0.15) is 5.82 Å². The molecule has 0 unspecified atom stereocenters. The Balaban J connectivity index is 2.59. The average Bonchev–Trinajstić information content (AvgIpc) is 2.48. The Morgan fingerprint density at radius 3 is 2.75 bits per heavy atom. The maximum Gasteiger partial charge on any atom is 0.441 e. The van der Waals surface area contributed by atoms with Crippen molar-refractivity contribution in [3.05, 3.63) is 10.6 Å². The van der Waals surface area contributed by atoms with Gasteiger partial charge in [0.05, 0.1) is 0 Å². The van der Waals surface area contributed by atoms with Crippen LogP contribution in [0.2, 0.25) is 0 Å². The van der Waals surface area contributed by atoms with E-state index in [9.17, 15) is 13.2 Å². The summed E-state index contributed by atoms with van der Waals surface area (Å²) in [5, 5.41) is 6.57. The topological polar surface area (TPSA) is 33.6 Å². The molecule has 0 spiro atoms. The second-order valence-corrected chi connectivity index (χ2v) is 4.69. The fraction of sp³-hybridized carbons (Fsp3) is 0.750. The number of alkyl halides is 3. The van der Waals surface area contributed by atoms with Crippen LogP contribution in [0.1, 0.15) is 19.2 Å². The minimum Gasteiger partial charge on any atom is -0.303 e. The molecular formula is C8H12F3N3S2. The van der Waals surface area contributed by atoms with Crippen LogP contribution in [0.5, 0.6) is 0 Å². The first-order valence-electron chi connectivity index (χ1n) is 4.79. The maximum atomic E-state index is 11.9. The number of halogens is 3. The van der Waals surface area contributed by atoms with Gasteiger partial charge in [0, 0.05) is 18.7 Å². The summed E-state index contributed by atoms with van der Waals surface area (Å²) in [4.78, 5) is 0. The van der Waals surface area contributed by atoms with E-state index in [1.165, 1.54) is 0 Å². The summed E-state index contributed by atoms with van der Waals surface area (Å²) in [6.07, 6.45) is 1.59. The zero-order chi connectivity index (χ0) is 12.2. The first-order valence-corrected chi connectivity index (χ1v) is 6.18. The molecule has 0 atom stereocenters. The normalized spacial score (nSPS) is 12.0. The van der Waals surface area contributed by atoms with Gasteiger partial charge in [0.15, 0.2) is 4.77 Å². The van der Waals surface area contributed by atoms with E-state index in [4.69, 9.17) is 12.2 Å². The molecule has 16 heavy (non-hydrogen) atoms. The molecule has 0 aromatic carbocycles. The molecular weight excluding hydrogens is 259 g/mol. The van der Waals surface area contributed by atoms with Crippen LogP contribution in [0.15, 0.2) is 0 Å². The SMILES string of the molecule is CCCc1n[nH]c(=S)n1CCSC(F)(F)F. The predicted molar refractivity (Wildman–Crippen MR) is 59.9 cm³/mol. The van der Waals surface area contributed by atoms with Gasteiger partial charge < -0.3 is 4.57 Å². The monoisotopic (exact) mass is 271 g/mol. The number of aryl methyl sites for hydroxylation is 1. The Bertz CT molecular complexity index is 383. The Morgan fingerprint density at radius 1 is 1.50 bits per heavy atom. The van der Waals surface area contributed by atoms with Crippen molar-refractivity contribution in [1.82, 2.24) is 14.8 Å². The van der Waals surface area contributed by atoms with Gasteiger partial charge in [-0.3, -0.25) is 5.10 Å².